The van der Waals surface area contributed by atoms with Crippen molar-refractivity contribution in [1.29, 1.82) is 0 Å². The Morgan fingerprint density at radius 2 is 2.35 bits per heavy atom. The lowest BCUT2D eigenvalue weighted by molar-refractivity contribution is -0.117. The van der Waals surface area contributed by atoms with Crippen LogP contribution in [0.1, 0.15) is 12.5 Å². The normalized spacial score (nSPS) is 22.4. The zero-order valence-electron chi connectivity index (χ0n) is 9.40. The first-order valence-electron chi connectivity index (χ1n) is 5.57. The molecule has 1 aromatic rings. The monoisotopic (exact) mass is 248 g/mol. The Morgan fingerprint density at radius 3 is 3.06 bits per heavy atom. The smallest absolute Gasteiger partial charge is 0.255 e. The molecule has 1 amide bonds. The number of rotatable bonds is 1. The fourth-order valence-corrected chi connectivity index (χ4v) is 2.53. The topological polar surface area (TPSA) is 41.6 Å². The lowest BCUT2D eigenvalue weighted by atomic mass is 10.1. The molecule has 0 spiro atoms. The van der Waals surface area contributed by atoms with E-state index in [0.29, 0.717) is 11.7 Å². The number of carbonyl (C=O) groups is 1. The van der Waals surface area contributed by atoms with E-state index in [1.807, 2.05) is 25.1 Å². The fourth-order valence-electron chi connectivity index (χ4n) is 2.16. The van der Waals surface area contributed by atoms with Crippen molar-refractivity contribution in [3.8, 4) is 5.75 Å². The van der Waals surface area contributed by atoms with Gasteiger partial charge in [0.25, 0.3) is 5.91 Å². The third kappa shape index (κ3) is 1.58. The van der Waals surface area contributed by atoms with Crippen molar-refractivity contribution in [2.45, 2.75) is 19.4 Å². The van der Waals surface area contributed by atoms with E-state index in [1.165, 1.54) is 0 Å². The number of hydrogen-bond donors (Lipinski definition) is 1. The van der Waals surface area contributed by atoms with Gasteiger partial charge >= 0.3 is 0 Å². The van der Waals surface area contributed by atoms with E-state index in [-0.39, 0.29) is 11.9 Å². The quantitative estimate of drug-likeness (QED) is 0.759. The van der Waals surface area contributed by atoms with Crippen molar-refractivity contribution in [1.82, 2.24) is 5.32 Å². The minimum absolute atomic E-state index is 0.00568. The Bertz CT molecular complexity index is 515. The molecule has 2 aliphatic rings. The van der Waals surface area contributed by atoms with Gasteiger partial charge in [0.15, 0.2) is 5.11 Å². The molecule has 2 aliphatic heterocycles. The highest BCUT2D eigenvalue weighted by Crippen LogP contribution is 2.30. The SMILES string of the molecule is C[C@H]1NC(=S)N(c2ccc3c(c2)CCO3)C1=O. The molecule has 5 heteroatoms. The molecule has 0 aliphatic carbocycles. The molecule has 1 N–H and O–H groups in total. The van der Waals surface area contributed by atoms with Gasteiger partial charge in [-0.3, -0.25) is 9.69 Å². The van der Waals surface area contributed by atoms with Gasteiger partial charge in [-0.05, 0) is 42.9 Å². The summed E-state index contributed by atoms with van der Waals surface area (Å²) < 4.78 is 5.44. The summed E-state index contributed by atoms with van der Waals surface area (Å²) in [4.78, 5) is 13.5. The zero-order chi connectivity index (χ0) is 12.0. The van der Waals surface area contributed by atoms with Crippen molar-refractivity contribution in [2.75, 3.05) is 11.5 Å². The van der Waals surface area contributed by atoms with Gasteiger partial charge in [-0.1, -0.05) is 0 Å². The molecular formula is C12H12N2O2S. The third-order valence-electron chi connectivity index (χ3n) is 3.07. The van der Waals surface area contributed by atoms with Crippen molar-refractivity contribution in [3.63, 3.8) is 0 Å². The Kier molecular flexibility index (Phi) is 2.29. The summed E-state index contributed by atoms with van der Waals surface area (Å²) >= 11 is 5.17. The Balaban J connectivity index is 1.99. The van der Waals surface area contributed by atoms with Gasteiger partial charge in [-0.2, -0.15) is 0 Å². The minimum atomic E-state index is -0.244. The second-order valence-corrected chi connectivity index (χ2v) is 4.62. The van der Waals surface area contributed by atoms with Crippen LogP contribution in [0.3, 0.4) is 0 Å². The predicted molar refractivity (Wildman–Crippen MR) is 68.3 cm³/mol. The van der Waals surface area contributed by atoms with Crippen LogP contribution in [0, 0.1) is 0 Å². The minimum Gasteiger partial charge on any atom is -0.493 e. The third-order valence-corrected chi connectivity index (χ3v) is 3.37. The number of anilines is 1. The molecule has 0 saturated carbocycles. The summed E-state index contributed by atoms with van der Waals surface area (Å²) in [6.07, 6.45) is 0.890. The van der Waals surface area contributed by atoms with E-state index in [1.54, 1.807) is 4.90 Å². The van der Waals surface area contributed by atoms with Crippen LogP contribution in [0.4, 0.5) is 5.69 Å². The summed E-state index contributed by atoms with van der Waals surface area (Å²) in [6.45, 7) is 2.52. The Morgan fingerprint density at radius 1 is 1.53 bits per heavy atom. The number of nitrogens with zero attached hydrogens (tertiary/aromatic N) is 1. The first-order chi connectivity index (χ1) is 8.16. The van der Waals surface area contributed by atoms with E-state index in [0.717, 1.165) is 23.4 Å². The van der Waals surface area contributed by atoms with Crippen LogP contribution in [0.25, 0.3) is 0 Å². The molecule has 3 rings (SSSR count). The van der Waals surface area contributed by atoms with Crippen LogP contribution in [-0.2, 0) is 11.2 Å². The number of fused-ring (bicyclic) bond motifs is 1. The first kappa shape index (κ1) is 10.5. The van der Waals surface area contributed by atoms with Gasteiger partial charge in [0.05, 0.1) is 12.3 Å². The average molecular weight is 248 g/mol. The summed E-state index contributed by atoms with van der Waals surface area (Å²) in [6, 6.07) is 5.50. The summed E-state index contributed by atoms with van der Waals surface area (Å²) in [5.74, 6) is 0.904. The second-order valence-electron chi connectivity index (χ2n) is 4.24. The van der Waals surface area contributed by atoms with Crippen LogP contribution in [-0.4, -0.2) is 23.7 Å². The molecule has 1 atom stereocenters. The molecule has 17 heavy (non-hydrogen) atoms. The molecule has 1 fully saturated rings. The molecule has 0 unspecified atom stereocenters. The maximum atomic E-state index is 12.0. The van der Waals surface area contributed by atoms with Crippen molar-refractivity contribution >= 4 is 28.9 Å². The fraction of sp³-hybridized carbons (Fsp3) is 0.333. The second kappa shape index (κ2) is 3.70. The number of nitrogens with one attached hydrogen (secondary N) is 1. The largest absolute Gasteiger partial charge is 0.493 e. The number of benzene rings is 1. The van der Waals surface area contributed by atoms with Gasteiger partial charge in [0.2, 0.25) is 0 Å². The molecular weight excluding hydrogens is 236 g/mol. The van der Waals surface area contributed by atoms with Crippen LogP contribution in [0.15, 0.2) is 18.2 Å². The number of hydrogen-bond acceptors (Lipinski definition) is 3. The lowest BCUT2D eigenvalue weighted by Gasteiger charge is -2.15. The molecule has 1 aromatic carbocycles. The standard InChI is InChI=1S/C12H12N2O2S/c1-7-11(15)14(12(17)13-7)9-2-3-10-8(6-9)4-5-16-10/h2-3,6-7H,4-5H2,1H3,(H,13,17)/t7-/m1/s1. The summed E-state index contributed by atoms with van der Waals surface area (Å²) in [7, 11) is 0. The first-order valence-corrected chi connectivity index (χ1v) is 5.98. The van der Waals surface area contributed by atoms with Gasteiger partial charge in [-0.25, -0.2) is 0 Å². The number of ether oxygens (including phenoxy) is 1. The van der Waals surface area contributed by atoms with E-state index in [4.69, 9.17) is 17.0 Å². The summed E-state index contributed by atoms with van der Waals surface area (Å²) in [5.41, 5.74) is 1.96. The number of thiocarbonyl (C=S) groups is 1. The van der Waals surface area contributed by atoms with E-state index >= 15 is 0 Å². The molecule has 2 heterocycles. The summed E-state index contributed by atoms with van der Waals surface area (Å²) in [5, 5.41) is 3.43. The number of carbonyl (C=O) groups excluding carboxylic acids is 1. The highest BCUT2D eigenvalue weighted by molar-refractivity contribution is 7.80. The highest BCUT2D eigenvalue weighted by atomic mass is 32.1. The number of amides is 1. The zero-order valence-corrected chi connectivity index (χ0v) is 10.2. The molecule has 88 valence electrons. The van der Waals surface area contributed by atoms with E-state index in [2.05, 4.69) is 5.32 Å². The molecule has 0 radical (unpaired) electrons. The van der Waals surface area contributed by atoms with Gasteiger partial charge in [0.1, 0.15) is 11.8 Å². The molecule has 4 nitrogen and oxygen atoms in total. The van der Waals surface area contributed by atoms with E-state index in [9.17, 15) is 4.79 Å². The van der Waals surface area contributed by atoms with Gasteiger partial charge in [0, 0.05) is 6.42 Å². The van der Waals surface area contributed by atoms with E-state index < -0.39 is 0 Å². The highest BCUT2D eigenvalue weighted by Gasteiger charge is 2.33. The van der Waals surface area contributed by atoms with Crippen LogP contribution < -0.4 is 15.0 Å². The van der Waals surface area contributed by atoms with Crippen molar-refractivity contribution in [3.05, 3.63) is 23.8 Å². The maximum Gasteiger partial charge on any atom is 0.255 e. The Labute approximate surface area is 105 Å². The molecule has 1 saturated heterocycles. The van der Waals surface area contributed by atoms with Crippen molar-refractivity contribution < 1.29 is 9.53 Å². The van der Waals surface area contributed by atoms with Gasteiger partial charge < -0.3 is 10.1 Å². The average Bonchev–Trinajstić information content (AvgIpc) is 2.84. The van der Waals surface area contributed by atoms with Crippen LogP contribution >= 0.6 is 12.2 Å². The maximum absolute atomic E-state index is 12.0. The van der Waals surface area contributed by atoms with Gasteiger partial charge in [-0.15, -0.1) is 0 Å². The van der Waals surface area contributed by atoms with Crippen LogP contribution in [0.5, 0.6) is 5.75 Å². The Hall–Kier alpha value is -1.62. The molecule has 0 aromatic heterocycles. The van der Waals surface area contributed by atoms with Crippen LogP contribution in [0.2, 0.25) is 0 Å². The lowest BCUT2D eigenvalue weighted by Crippen LogP contribution is -2.30. The predicted octanol–water partition coefficient (Wildman–Crippen LogP) is 1.23. The molecule has 0 bridgehead atoms. The van der Waals surface area contributed by atoms with Crippen molar-refractivity contribution in [2.24, 2.45) is 0 Å².